The molecule has 0 saturated carbocycles. The monoisotopic (exact) mass is 595 g/mol. The number of benzene rings is 2. The van der Waals surface area contributed by atoms with Gasteiger partial charge in [-0.3, -0.25) is 9.59 Å². The molecule has 1 amide bonds. The predicted molar refractivity (Wildman–Crippen MR) is 158 cm³/mol. The number of sulfone groups is 2. The van der Waals surface area contributed by atoms with Gasteiger partial charge < -0.3 is 11.5 Å². The summed E-state index contributed by atoms with van der Waals surface area (Å²) < 4.78 is 47.2. The van der Waals surface area contributed by atoms with Crippen LogP contribution in [0.3, 0.4) is 0 Å². The maximum Gasteiger partial charge on any atom is 0.280 e. The van der Waals surface area contributed by atoms with Gasteiger partial charge in [-0.2, -0.15) is 4.99 Å². The Morgan fingerprint density at radius 2 is 1.18 bits per heavy atom. The zero-order chi connectivity index (χ0) is 30.1. The van der Waals surface area contributed by atoms with Crippen LogP contribution in [-0.4, -0.2) is 46.5 Å². The third-order valence-corrected chi connectivity index (χ3v) is 7.76. The van der Waals surface area contributed by atoms with Crippen LogP contribution in [0, 0.1) is 13.8 Å². The Labute approximate surface area is 235 Å². The van der Waals surface area contributed by atoms with Gasteiger partial charge >= 0.3 is 0 Å². The highest BCUT2D eigenvalue weighted by Crippen LogP contribution is 2.25. The second-order valence-electron chi connectivity index (χ2n) is 8.69. The average Bonchev–Trinajstić information content (AvgIpc) is 2.79. The molecule has 0 bridgehead atoms. The number of hydrogen-bond acceptors (Lipinski definition) is 6. The van der Waals surface area contributed by atoms with Gasteiger partial charge in [0.05, 0.1) is 9.79 Å². The lowest BCUT2D eigenvalue weighted by molar-refractivity contribution is 0.100. The van der Waals surface area contributed by atoms with E-state index in [1.807, 2.05) is 26.0 Å². The minimum atomic E-state index is -3.48. The Morgan fingerprint density at radius 3 is 1.51 bits per heavy atom. The zero-order valence-electron chi connectivity index (χ0n) is 22.8. The number of aryl methyl sites for hydroxylation is 2. The first-order chi connectivity index (χ1) is 17.9. The van der Waals surface area contributed by atoms with Crippen molar-refractivity contribution >= 4 is 60.5 Å². The summed E-state index contributed by atoms with van der Waals surface area (Å²) in [4.78, 5) is 26.8. The highest BCUT2D eigenvalue weighted by Gasteiger charge is 2.19. The van der Waals surface area contributed by atoms with Crippen LogP contribution in [0.15, 0.2) is 51.2 Å². The summed E-state index contributed by atoms with van der Waals surface area (Å²) in [5.41, 5.74) is 13.1. The molecule has 0 heterocycles. The molecule has 4 N–H and O–H groups in total. The first-order valence-corrected chi connectivity index (χ1v) is 16.0. The smallest absolute Gasteiger partial charge is 0.280 e. The number of nitrogens with two attached hydrogens (primary N) is 2. The molecule has 12 heteroatoms. The fourth-order valence-corrected chi connectivity index (χ4v) is 5.41. The second kappa shape index (κ2) is 14.2. The highest BCUT2D eigenvalue weighted by atomic mass is 35.5. The lowest BCUT2D eigenvalue weighted by Gasteiger charge is -2.09. The molecule has 0 radical (unpaired) electrons. The quantitative estimate of drug-likeness (QED) is 0.256. The van der Waals surface area contributed by atoms with Crippen molar-refractivity contribution in [3.8, 4) is 0 Å². The highest BCUT2D eigenvalue weighted by molar-refractivity contribution is 7.91. The molecular weight excluding hydrogens is 562 g/mol. The Morgan fingerprint density at radius 1 is 0.795 bits per heavy atom. The van der Waals surface area contributed by atoms with Gasteiger partial charge in [-0.15, -0.1) is 0 Å². The zero-order valence-corrected chi connectivity index (χ0v) is 25.2. The van der Waals surface area contributed by atoms with Crippen LogP contribution < -0.4 is 11.5 Å². The molecule has 2 aromatic carbocycles. The van der Waals surface area contributed by atoms with Crippen LogP contribution in [0.1, 0.15) is 69.7 Å². The summed E-state index contributed by atoms with van der Waals surface area (Å²) in [6.45, 7) is 7.33. The van der Waals surface area contributed by atoms with Gasteiger partial charge in [-0.05, 0) is 84.8 Å². The number of carbonyl (C=O) groups excluding carboxylic acids is 2. The number of guanidine groups is 1. The molecule has 0 aromatic heterocycles. The van der Waals surface area contributed by atoms with E-state index in [1.165, 1.54) is 12.1 Å². The Kier molecular flexibility index (Phi) is 12.3. The molecular formula is C27H34ClN3O6S2. The van der Waals surface area contributed by atoms with Crippen LogP contribution >= 0.6 is 11.6 Å². The Bertz CT molecular complexity index is 1550. The van der Waals surface area contributed by atoms with Gasteiger partial charge in [0.15, 0.2) is 25.6 Å². The molecule has 0 aliphatic rings. The molecule has 0 atom stereocenters. The number of aliphatic imine (C=N–C) groups is 1. The minimum Gasteiger partial charge on any atom is -0.370 e. The average molecular weight is 596 g/mol. The maximum absolute atomic E-state index is 11.9. The summed E-state index contributed by atoms with van der Waals surface area (Å²) in [7, 11) is -6.88. The van der Waals surface area contributed by atoms with Crippen LogP contribution in [0.5, 0.6) is 0 Å². The molecule has 2 rings (SSSR count). The largest absolute Gasteiger partial charge is 0.370 e. The molecule has 0 unspecified atom stereocenters. The molecule has 0 aliphatic carbocycles. The van der Waals surface area contributed by atoms with E-state index in [9.17, 15) is 26.4 Å². The summed E-state index contributed by atoms with van der Waals surface area (Å²) in [5.74, 6) is -1.03. The van der Waals surface area contributed by atoms with Gasteiger partial charge in [-0.1, -0.05) is 38.2 Å². The van der Waals surface area contributed by atoms with Crippen molar-refractivity contribution in [2.45, 2.75) is 50.3 Å². The van der Waals surface area contributed by atoms with E-state index >= 15 is 0 Å². The molecule has 39 heavy (non-hydrogen) atoms. The number of nitrogens with zero attached hydrogens (tertiary/aromatic N) is 1. The SMILES string of the molecule is CCC=Cc1cc(C)c(C(=O)Cl)cc1S(C)(=O)=O.CCC=Cc1cc(C)c(C(=O)N=C(N)N)cc1S(C)(=O)=O. The lowest BCUT2D eigenvalue weighted by Crippen LogP contribution is -2.24. The number of allylic oxidation sites excluding steroid dienone is 2. The number of halogens is 1. The van der Waals surface area contributed by atoms with Crippen LogP contribution in [0.2, 0.25) is 0 Å². The molecule has 0 aliphatic heterocycles. The normalized spacial score (nSPS) is 11.8. The van der Waals surface area contributed by atoms with Crippen LogP contribution in [-0.2, 0) is 19.7 Å². The molecule has 212 valence electrons. The van der Waals surface area contributed by atoms with Crippen LogP contribution in [0.4, 0.5) is 0 Å². The van der Waals surface area contributed by atoms with E-state index in [4.69, 9.17) is 23.1 Å². The van der Waals surface area contributed by atoms with Crippen molar-refractivity contribution in [1.29, 1.82) is 0 Å². The Balaban J connectivity index is 0.000000395. The van der Waals surface area contributed by atoms with Crippen molar-refractivity contribution < 1.29 is 26.4 Å². The van der Waals surface area contributed by atoms with Gasteiger partial charge in [0, 0.05) is 23.6 Å². The van der Waals surface area contributed by atoms with Gasteiger partial charge in [0.2, 0.25) is 0 Å². The number of rotatable bonds is 8. The van der Waals surface area contributed by atoms with Crippen molar-refractivity contribution in [3.05, 3.63) is 69.8 Å². The fourth-order valence-electron chi connectivity index (χ4n) is 3.43. The van der Waals surface area contributed by atoms with E-state index in [1.54, 1.807) is 38.1 Å². The minimum absolute atomic E-state index is 0.0759. The topological polar surface area (TPSA) is 167 Å². The lowest BCUT2D eigenvalue weighted by atomic mass is 10.0. The molecule has 0 fully saturated rings. The number of hydrogen-bond donors (Lipinski definition) is 2. The summed E-state index contributed by atoms with van der Waals surface area (Å²) >= 11 is 5.44. The first-order valence-electron chi connectivity index (χ1n) is 11.8. The molecule has 2 aromatic rings. The predicted octanol–water partition coefficient (Wildman–Crippen LogP) is 4.44. The van der Waals surface area contributed by atoms with Crippen molar-refractivity contribution in [1.82, 2.24) is 0 Å². The summed E-state index contributed by atoms with van der Waals surface area (Å²) in [5, 5.41) is -0.650. The Hall–Kier alpha value is -3.28. The van der Waals surface area contributed by atoms with Crippen LogP contribution in [0.25, 0.3) is 12.2 Å². The van der Waals surface area contributed by atoms with Gasteiger partial charge in [0.1, 0.15) is 0 Å². The fraction of sp³-hybridized carbons (Fsp3) is 0.296. The van der Waals surface area contributed by atoms with Gasteiger partial charge in [0.25, 0.3) is 11.1 Å². The van der Waals surface area contributed by atoms with E-state index in [0.717, 1.165) is 25.4 Å². The van der Waals surface area contributed by atoms with Crippen molar-refractivity contribution in [2.24, 2.45) is 16.5 Å². The van der Waals surface area contributed by atoms with Crippen molar-refractivity contribution in [2.75, 3.05) is 12.5 Å². The molecule has 0 spiro atoms. The number of amides is 1. The maximum atomic E-state index is 11.9. The van der Waals surface area contributed by atoms with Crippen molar-refractivity contribution in [3.63, 3.8) is 0 Å². The van der Waals surface area contributed by atoms with E-state index in [-0.39, 0.29) is 26.9 Å². The first kappa shape index (κ1) is 33.7. The third-order valence-electron chi connectivity index (χ3n) is 5.25. The summed E-state index contributed by atoms with van der Waals surface area (Å²) in [6.07, 6.45) is 11.0. The van der Waals surface area contributed by atoms with E-state index < -0.39 is 30.8 Å². The van der Waals surface area contributed by atoms with E-state index in [2.05, 4.69) is 4.99 Å². The van der Waals surface area contributed by atoms with Gasteiger partial charge in [-0.25, -0.2) is 16.8 Å². The molecule has 9 nitrogen and oxygen atoms in total. The standard InChI is InChI=1S/C14H19N3O3S.C13H15ClO3S/c1-4-5-6-10-7-9(2)11(13(18)17-14(15)16)8-12(10)21(3,19)20;1-4-5-6-10-7-9(2)11(13(14)15)8-12(10)18(3,16)17/h5-8H,4H2,1-3H3,(H4,15,16,17,18);5-8H,4H2,1-3H3. The third kappa shape index (κ3) is 10.1. The molecule has 0 saturated heterocycles. The van der Waals surface area contributed by atoms with E-state index in [0.29, 0.717) is 22.3 Å². The number of carbonyl (C=O) groups is 2. The second-order valence-corrected chi connectivity index (χ2v) is 13.0. The summed E-state index contributed by atoms with van der Waals surface area (Å²) in [6, 6.07) is 5.96.